The van der Waals surface area contributed by atoms with E-state index in [1.807, 2.05) is 0 Å². The molecule has 0 N–H and O–H groups in total. The average molecular weight is 332 g/mol. The van der Waals surface area contributed by atoms with Gasteiger partial charge in [0, 0.05) is 36.7 Å². The van der Waals surface area contributed by atoms with E-state index in [1.54, 1.807) is 11.3 Å². The average Bonchev–Trinajstić information content (AvgIpc) is 2.85. The molecule has 1 atom stereocenters. The van der Waals surface area contributed by atoms with Crippen LogP contribution in [0.2, 0.25) is 0 Å². The summed E-state index contributed by atoms with van der Waals surface area (Å²) in [6, 6.07) is 0. The summed E-state index contributed by atoms with van der Waals surface area (Å²) in [6.45, 7) is 9.12. The van der Waals surface area contributed by atoms with Gasteiger partial charge in [0.2, 0.25) is 0 Å². The van der Waals surface area contributed by atoms with Crippen LogP contribution in [0.5, 0.6) is 0 Å². The maximum atomic E-state index is 11.3. The second-order valence-corrected chi connectivity index (χ2v) is 9.76. The molecule has 1 aromatic heterocycles. The highest BCUT2D eigenvalue weighted by molar-refractivity contribution is 7.90. The van der Waals surface area contributed by atoms with Crippen molar-refractivity contribution in [2.24, 2.45) is 0 Å². The topological polar surface area (TPSA) is 59.5 Å². The molecule has 1 aliphatic rings. The zero-order valence-electron chi connectivity index (χ0n) is 13.1. The third kappa shape index (κ3) is 5.02. The lowest BCUT2D eigenvalue weighted by Gasteiger charge is -2.31. The number of nitrogens with zero attached hydrogens (tertiary/aromatic N) is 2. The molecule has 120 valence electrons. The lowest BCUT2D eigenvalue weighted by atomic mass is 9.93. The van der Waals surface area contributed by atoms with Gasteiger partial charge in [0.05, 0.1) is 18.1 Å². The lowest BCUT2D eigenvalue weighted by molar-refractivity contribution is -0.0280. The minimum Gasteiger partial charge on any atom is -0.368 e. The second-order valence-electron chi connectivity index (χ2n) is 6.61. The fourth-order valence-corrected chi connectivity index (χ4v) is 3.80. The van der Waals surface area contributed by atoms with E-state index in [0.717, 1.165) is 17.2 Å². The Bertz CT molecular complexity index is 575. The zero-order chi connectivity index (χ0) is 15.7. The van der Waals surface area contributed by atoms with Gasteiger partial charge in [0.15, 0.2) is 0 Å². The van der Waals surface area contributed by atoms with Crippen molar-refractivity contribution in [2.75, 3.05) is 38.2 Å². The van der Waals surface area contributed by atoms with Crippen LogP contribution >= 0.6 is 11.3 Å². The third-order valence-corrected chi connectivity index (χ3v) is 5.36. The first-order chi connectivity index (χ1) is 9.65. The second kappa shape index (κ2) is 6.32. The van der Waals surface area contributed by atoms with Gasteiger partial charge in [-0.15, -0.1) is 11.3 Å². The predicted octanol–water partition coefficient (Wildman–Crippen LogP) is 1.86. The maximum absolute atomic E-state index is 11.3. The minimum absolute atomic E-state index is 0.0411. The van der Waals surface area contributed by atoms with Gasteiger partial charge in [-0.1, -0.05) is 20.8 Å². The van der Waals surface area contributed by atoms with E-state index in [0.29, 0.717) is 19.7 Å². The number of rotatable bonds is 4. The highest BCUT2D eigenvalue weighted by Gasteiger charge is 2.26. The summed E-state index contributed by atoms with van der Waals surface area (Å²) in [4.78, 5) is 6.84. The predicted molar refractivity (Wildman–Crippen MR) is 85.7 cm³/mol. The number of hydrogen-bond donors (Lipinski definition) is 0. The van der Waals surface area contributed by atoms with E-state index in [1.165, 1.54) is 6.26 Å². The van der Waals surface area contributed by atoms with Crippen LogP contribution in [0.3, 0.4) is 0 Å². The smallest absolute Gasteiger partial charge is 0.148 e. The standard InChI is InChI=1S/C14H24N2O3S2/c1-14(2,3)12-10-20-13(15-12)11-9-16(5-7-19-11)6-8-21(4,17)18/h10-11H,5-9H2,1-4H3/t11-/m0/s1. The number of morpholine rings is 1. The van der Waals surface area contributed by atoms with Crippen molar-refractivity contribution in [1.29, 1.82) is 0 Å². The highest BCUT2D eigenvalue weighted by atomic mass is 32.2. The zero-order valence-corrected chi connectivity index (χ0v) is 14.8. The Labute approximate surface area is 131 Å². The highest BCUT2D eigenvalue weighted by Crippen LogP contribution is 2.30. The molecule has 1 saturated heterocycles. The van der Waals surface area contributed by atoms with E-state index < -0.39 is 9.84 Å². The van der Waals surface area contributed by atoms with Gasteiger partial charge >= 0.3 is 0 Å². The van der Waals surface area contributed by atoms with E-state index in [2.05, 4.69) is 31.1 Å². The van der Waals surface area contributed by atoms with Crippen molar-refractivity contribution >= 4 is 21.2 Å². The fraction of sp³-hybridized carbons (Fsp3) is 0.786. The van der Waals surface area contributed by atoms with Crippen molar-refractivity contribution in [3.05, 3.63) is 16.1 Å². The van der Waals surface area contributed by atoms with Gasteiger partial charge in [0.1, 0.15) is 20.9 Å². The molecule has 0 saturated carbocycles. The van der Waals surface area contributed by atoms with Crippen LogP contribution in [0.25, 0.3) is 0 Å². The van der Waals surface area contributed by atoms with E-state index in [4.69, 9.17) is 9.72 Å². The summed E-state index contributed by atoms with van der Waals surface area (Å²) in [5, 5.41) is 3.08. The van der Waals surface area contributed by atoms with Gasteiger partial charge in [-0.25, -0.2) is 13.4 Å². The Balaban J connectivity index is 1.99. The quantitative estimate of drug-likeness (QED) is 0.842. The van der Waals surface area contributed by atoms with Crippen molar-refractivity contribution in [3.8, 4) is 0 Å². The Morgan fingerprint density at radius 2 is 2.19 bits per heavy atom. The van der Waals surface area contributed by atoms with E-state index in [-0.39, 0.29) is 17.3 Å². The minimum atomic E-state index is -2.92. The van der Waals surface area contributed by atoms with Crippen molar-refractivity contribution < 1.29 is 13.2 Å². The molecule has 0 spiro atoms. The first-order valence-electron chi connectivity index (χ1n) is 7.13. The summed E-state index contributed by atoms with van der Waals surface area (Å²) >= 11 is 1.63. The number of ether oxygens (including phenoxy) is 1. The first kappa shape index (κ1) is 16.9. The molecule has 0 bridgehead atoms. The van der Waals surface area contributed by atoms with Crippen LogP contribution in [0, 0.1) is 0 Å². The van der Waals surface area contributed by atoms with Gasteiger partial charge in [-0.05, 0) is 0 Å². The molecule has 21 heavy (non-hydrogen) atoms. The Hall–Kier alpha value is -0.500. The van der Waals surface area contributed by atoms with Crippen molar-refractivity contribution in [2.45, 2.75) is 32.3 Å². The number of hydrogen-bond acceptors (Lipinski definition) is 6. The molecule has 1 aliphatic heterocycles. The van der Waals surface area contributed by atoms with Crippen LogP contribution in [-0.2, 0) is 20.0 Å². The normalized spacial score (nSPS) is 21.6. The molecule has 1 aromatic rings. The molecule has 5 nitrogen and oxygen atoms in total. The monoisotopic (exact) mass is 332 g/mol. The summed E-state index contributed by atoms with van der Waals surface area (Å²) in [7, 11) is -2.92. The molecule has 0 amide bonds. The molecular formula is C14H24N2O3S2. The van der Waals surface area contributed by atoms with Crippen molar-refractivity contribution in [3.63, 3.8) is 0 Å². The number of aromatic nitrogens is 1. The molecule has 0 radical (unpaired) electrons. The van der Waals surface area contributed by atoms with Crippen LogP contribution in [0.15, 0.2) is 5.38 Å². The maximum Gasteiger partial charge on any atom is 0.148 e. The van der Waals surface area contributed by atoms with Crippen molar-refractivity contribution in [1.82, 2.24) is 9.88 Å². The van der Waals surface area contributed by atoms with Crippen LogP contribution in [-0.4, -0.2) is 56.6 Å². The third-order valence-electron chi connectivity index (χ3n) is 3.49. The van der Waals surface area contributed by atoms with E-state index in [9.17, 15) is 8.42 Å². The molecule has 2 rings (SSSR count). The van der Waals surface area contributed by atoms with Crippen LogP contribution < -0.4 is 0 Å². The molecule has 7 heteroatoms. The molecule has 0 aromatic carbocycles. The van der Waals surface area contributed by atoms with Gasteiger partial charge in [0.25, 0.3) is 0 Å². The first-order valence-corrected chi connectivity index (χ1v) is 10.1. The molecule has 0 aliphatic carbocycles. The van der Waals surface area contributed by atoms with Gasteiger partial charge in [-0.3, -0.25) is 4.90 Å². The fourth-order valence-electron chi connectivity index (χ4n) is 2.13. The van der Waals surface area contributed by atoms with Gasteiger partial charge < -0.3 is 4.74 Å². The largest absolute Gasteiger partial charge is 0.368 e. The van der Waals surface area contributed by atoms with Crippen LogP contribution in [0.4, 0.5) is 0 Å². The molecule has 0 unspecified atom stereocenters. The Kier molecular flexibility index (Phi) is 5.07. The summed E-state index contributed by atoms with van der Waals surface area (Å²) in [5.74, 6) is 0.199. The number of sulfone groups is 1. The van der Waals surface area contributed by atoms with Crippen LogP contribution in [0.1, 0.15) is 37.6 Å². The molecule has 2 heterocycles. The molecular weight excluding hydrogens is 308 g/mol. The van der Waals surface area contributed by atoms with E-state index >= 15 is 0 Å². The lowest BCUT2D eigenvalue weighted by Crippen LogP contribution is -2.40. The summed E-state index contributed by atoms with van der Waals surface area (Å²) in [5.41, 5.74) is 1.12. The Morgan fingerprint density at radius 3 is 2.76 bits per heavy atom. The SMILES string of the molecule is CC(C)(C)c1csc([C@@H]2CN(CCS(C)(=O)=O)CCO2)n1. The summed E-state index contributed by atoms with van der Waals surface area (Å²) in [6.07, 6.45) is 1.24. The van der Waals surface area contributed by atoms with Gasteiger partial charge in [-0.2, -0.15) is 0 Å². The molecule has 1 fully saturated rings. The number of thiazole rings is 1. The summed E-state index contributed by atoms with van der Waals surface area (Å²) < 4.78 is 28.4. The Morgan fingerprint density at radius 1 is 1.48 bits per heavy atom.